The molecule has 0 saturated carbocycles. The second kappa shape index (κ2) is 8.72. The molecule has 0 bridgehead atoms. The van der Waals surface area contributed by atoms with Gasteiger partial charge in [-0.05, 0) is 73.4 Å². The van der Waals surface area contributed by atoms with Gasteiger partial charge in [0.05, 0.1) is 17.1 Å². The Hall–Kier alpha value is -3.88. The minimum atomic E-state index is -4.47. The van der Waals surface area contributed by atoms with Crippen molar-refractivity contribution in [2.24, 2.45) is 0 Å². The SMILES string of the molecule is Cc1nc(NC(C)c2cc(N)cc(C(F)(F)F)c2)c2cc3c(cc2n1)CCN3Cc1cccnc1. The zero-order valence-electron chi connectivity index (χ0n) is 19.4. The molecule has 1 atom stereocenters. The second-order valence-corrected chi connectivity index (χ2v) is 8.90. The van der Waals surface area contributed by atoms with E-state index >= 15 is 0 Å². The van der Waals surface area contributed by atoms with Crippen LogP contribution in [-0.2, 0) is 19.1 Å². The summed E-state index contributed by atoms with van der Waals surface area (Å²) in [6.45, 7) is 5.22. The van der Waals surface area contributed by atoms with Crippen LogP contribution in [0.2, 0.25) is 0 Å². The van der Waals surface area contributed by atoms with E-state index in [9.17, 15) is 13.2 Å². The smallest absolute Gasteiger partial charge is 0.399 e. The monoisotopic (exact) mass is 478 g/mol. The maximum absolute atomic E-state index is 13.3. The van der Waals surface area contributed by atoms with Crippen LogP contribution in [0.25, 0.3) is 10.9 Å². The number of aryl methyl sites for hydroxylation is 1. The summed E-state index contributed by atoms with van der Waals surface area (Å²) in [6, 6.07) is 11.3. The van der Waals surface area contributed by atoms with Crippen LogP contribution in [0, 0.1) is 6.92 Å². The van der Waals surface area contributed by atoms with Crippen LogP contribution < -0.4 is 16.0 Å². The molecule has 2 aromatic heterocycles. The van der Waals surface area contributed by atoms with Crippen LogP contribution in [0.3, 0.4) is 0 Å². The van der Waals surface area contributed by atoms with Crippen molar-refractivity contribution in [1.82, 2.24) is 15.0 Å². The first kappa shape index (κ1) is 22.9. The Balaban J connectivity index is 1.50. The van der Waals surface area contributed by atoms with E-state index in [1.807, 2.05) is 18.3 Å². The molecule has 4 aromatic rings. The van der Waals surface area contributed by atoms with Crippen LogP contribution in [-0.4, -0.2) is 21.5 Å². The number of benzene rings is 2. The van der Waals surface area contributed by atoms with Gasteiger partial charge < -0.3 is 16.0 Å². The van der Waals surface area contributed by atoms with Crippen LogP contribution in [0.5, 0.6) is 0 Å². The largest absolute Gasteiger partial charge is 0.416 e. The summed E-state index contributed by atoms with van der Waals surface area (Å²) in [5.74, 6) is 1.16. The summed E-state index contributed by atoms with van der Waals surface area (Å²) in [5.41, 5.74) is 9.75. The average Bonchev–Trinajstić information content (AvgIpc) is 3.19. The molecule has 2 aromatic carbocycles. The van der Waals surface area contributed by atoms with Crippen molar-refractivity contribution in [3.8, 4) is 0 Å². The molecule has 0 aliphatic carbocycles. The van der Waals surface area contributed by atoms with Crippen molar-refractivity contribution in [1.29, 1.82) is 0 Å². The Kier molecular flexibility index (Phi) is 5.70. The van der Waals surface area contributed by atoms with E-state index < -0.39 is 17.8 Å². The van der Waals surface area contributed by atoms with Crippen LogP contribution in [0.15, 0.2) is 54.9 Å². The number of hydrogen-bond acceptors (Lipinski definition) is 6. The van der Waals surface area contributed by atoms with E-state index in [1.54, 1.807) is 26.1 Å². The number of pyridine rings is 1. The molecule has 6 nitrogen and oxygen atoms in total. The molecule has 35 heavy (non-hydrogen) atoms. The molecule has 0 fully saturated rings. The highest BCUT2D eigenvalue weighted by atomic mass is 19.4. The minimum absolute atomic E-state index is 0.0658. The predicted molar refractivity (Wildman–Crippen MR) is 131 cm³/mol. The number of rotatable bonds is 5. The molecular weight excluding hydrogens is 453 g/mol. The van der Waals surface area contributed by atoms with E-state index in [0.717, 1.165) is 53.8 Å². The third-order valence-electron chi connectivity index (χ3n) is 6.25. The lowest BCUT2D eigenvalue weighted by molar-refractivity contribution is -0.137. The summed E-state index contributed by atoms with van der Waals surface area (Å²) < 4.78 is 39.9. The summed E-state index contributed by atoms with van der Waals surface area (Å²) in [6.07, 6.45) is 0.0598. The van der Waals surface area contributed by atoms with Gasteiger partial charge in [-0.25, -0.2) is 9.97 Å². The minimum Gasteiger partial charge on any atom is -0.399 e. The molecule has 3 heterocycles. The quantitative estimate of drug-likeness (QED) is 0.360. The Labute approximate surface area is 201 Å². The van der Waals surface area contributed by atoms with Gasteiger partial charge in [-0.1, -0.05) is 6.07 Å². The lowest BCUT2D eigenvalue weighted by Gasteiger charge is -2.21. The van der Waals surface area contributed by atoms with E-state index in [4.69, 9.17) is 5.73 Å². The van der Waals surface area contributed by atoms with Crippen molar-refractivity contribution in [2.75, 3.05) is 22.5 Å². The standard InChI is InChI=1S/C26H25F3N6/c1-15(19-8-20(26(27,28)29)11-21(30)9-19)32-25-22-12-24-18(10-23(22)33-16(2)34-25)5-7-35(24)14-17-4-3-6-31-13-17/h3-4,6,8-13,15H,5,7,14,30H2,1-2H3,(H,32,33,34). The molecule has 9 heteroatoms. The normalized spacial score (nSPS) is 14.3. The number of halogens is 3. The molecule has 5 rings (SSSR count). The molecular formula is C26H25F3N6. The first-order valence-corrected chi connectivity index (χ1v) is 11.4. The van der Waals surface area contributed by atoms with Gasteiger partial charge in [-0.15, -0.1) is 0 Å². The predicted octanol–water partition coefficient (Wildman–Crippen LogP) is 5.67. The molecule has 1 aliphatic heterocycles. The van der Waals surface area contributed by atoms with Crippen molar-refractivity contribution in [3.05, 3.63) is 82.9 Å². The topological polar surface area (TPSA) is 80.0 Å². The first-order valence-electron chi connectivity index (χ1n) is 11.4. The number of alkyl halides is 3. The zero-order chi connectivity index (χ0) is 24.7. The molecule has 0 radical (unpaired) electrons. The first-order chi connectivity index (χ1) is 16.7. The highest BCUT2D eigenvalue weighted by Gasteiger charge is 2.31. The highest BCUT2D eigenvalue weighted by Crippen LogP contribution is 2.37. The molecule has 1 aliphatic rings. The highest BCUT2D eigenvalue weighted by molar-refractivity contribution is 5.93. The van der Waals surface area contributed by atoms with Gasteiger partial charge in [0.1, 0.15) is 11.6 Å². The number of aromatic nitrogens is 3. The maximum Gasteiger partial charge on any atom is 0.416 e. The van der Waals surface area contributed by atoms with Gasteiger partial charge in [-0.3, -0.25) is 4.98 Å². The number of nitrogens with zero attached hydrogens (tertiary/aromatic N) is 4. The molecule has 1 unspecified atom stereocenters. The Bertz CT molecular complexity index is 1390. The van der Waals surface area contributed by atoms with Gasteiger partial charge in [0, 0.05) is 42.2 Å². The Morgan fingerprint density at radius 3 is 2.71 bits per heavy atom. The Morgan fingerprint density at radius 2 is 1.97 bits per heavy atom. The fraction of sp³-hybridized carbons (Fsp3) is 0.269. The van der Waals surface area contributed by atoms with Crippen molar-refractivity contribution in [3.63, 3.8) is 0 Å². The van der Waals surface area contributed by atoms with Crippen LogP contribution >= 0.6 is 0 Å². The maximum atomic E-state index is 13.3. The molecule has 0 saturated heterocycles. The van der Waals surface area contributed by atoms with Crippen molar-refractivity contribution >= 4 is 28.1 Å². The second-order valence-electron chi connectivity index (χ2n) is 8.90. The molecule has 0 spiro atoms. The lowest BCUT2D eigenvalue weighted by atomic mass is 10.0. The van der Waals surface area contributed by atoms with Crippen LogP contribution in [0.1, 0.15) is 41.0 Å². The van der Waals surface area contributed by atoms with Gasteiger partial charge in [0.15, 0.2) is 0 Å². The van der Waals surface area contributed by atoms with E-state index in [1.165, 1.54) is 5.56 Å². The summed E-state index contributed by atoms with van der Waals surface area (Å²) in [5, 5.41) is 4.12. The molecule has 0 amide bonds. The van der Waals surface area contributed by atoms with Crippen LogP contribution in [0.4, 0.5) is 30.4 Å². The number of fused-ring (bicyclic) bond motifs is 2. The zero-order valence-corrected chi connectivity index (χ0v) is 19.4. The summed E-state index contributed by atoms with van der Waals surface area (Å²) >= 11 is 0. The van der Waals surface area contributed by atoms with Gasteiger partial charge >= 0.3 is 6.18 Å². The number of nitrogens with two attached hydrogens (primary N) is 1. The fourth-order valence-corrected chi connectivity index (χ4v) is 4.56. The average molecular weight is 479 g/mol. The number of anilines is 3. The van der Waals surface area contributed by atoms with E-state index in [-0.39, 0.29) is 5.69 Å². The van der Waals surface area contributed by atoms with Gasteiger partial charge in [-0.2, -0.15) is 13.2 Å². The third-order valence-corrected chi connectivity index (χ3v) is 6.25. The lowest BCUT2D eigenvalue weighted by Crippen LogP contribution is -2.19. The number of nitrogens with one attached hydrogen (secondary N) is 1. The van der Waals surface area contributed by atoms with Gasteiger partial charge in [0.2, 0.25) is 0 Å². The van der Waals surface area contributed by atoms with Crippen molar-refractivity contribution in [2.45, 2.75) is 39.0 Å². The summed E-state index contributed by atoms with van der Waals surface area (Å²) in [4.78, 5) is 15.7. The molecule has 3 N–H and O–H groups in total. The Morgan fingerprint density at radius 1 is 1.14 bits per heavy atom. The fourth-order valence-electron chi connectivity index (χ4n) is 4.56. The van der Waals surface area contributed by atoms with E-state index in [0.29, 0.717) is 17.2 Å². The third kappa shape index (κ3) is 4.71. The summed E-state index contributed by atoms with van der Waals surface area (Å²) in [7, 11) is 0. The van der Waals surface area contributed by atoms with E-state index in [2.05, 4.69) is 37.3 Å². The number of hydrogen-bond donors (Lipinski definition) is 2. The molecule has 180 valence electrons. The number of nitrogen functional groups attached to an aromatic ring is 1. The van der Waals surface area contributed by atoms with Crippen molar-refractivity contribution < 1.29 is 13.2 Å². The van der Waals surface area contributed by atoms with Gasteiger partial charge in [0.25, 0.3) is 0 Å².